The van der Waals surface area contributed by atoms with Crippen molar-refractivity contribution in [1.29, 1.82) is 0 Å². The fourth-order valence-corrected chi connectivity index (χ4v) is 3.33. The summed E-state index contributed by atoms with van der Waals surface area (Å²) >= 11 is 0. The predicted octanol–water partition coefficient (Wildman–Crippen LogP) is 2.88. The second-order valence-electron chi connectivity index (χ2n) is 5.98. The number of sulfonamides is 1. The van der Waals surface area contributed by atoms with E-state index in [9.17, 15) is 13.2 Å². The number of carbonyl (C=O) groups excluding carboxylic acids is 1. The molecular weight excluding hydrogens is 336 g/mol. The van der Waals surface area contributed by atoms with Gasteiger partial charge in [-0.2, -0.15) is 0 Å². The highest BCUT2D eigenvalue weighted by atomic mass is 32.2. The molecule has 0 bridgehead atoms. The average Bonchev–Trinajstić information content (AvgIpc) is 2.57. The monoisotopic (exact) mass is 360 g/mol. The number of hydrogen-bond donors (Lipinski definition) is 2. The first-order valence-corrected chi connectivity index (χ1v) is 9.98. The highest BCUT2D eigenvalue weighted by molar-refractivity contribution is 7.92. The molecule has 5 nitrogen and oxygen atoms in total. The van der Waals surface area contributed by atoms with Crippen LogP contribution < -0.4 is 10.0 Å². The largest absolute Gasteiger partial charge is 0.355 e. The molecule has 0 aromatic heterocycles. The van der Waals surface area contributed by atoms with Crippen LogP contribution in [0.1, 0.15) is 24.0 Å². The van der Waals surface area contributed by atoms with Gasteiger partial charge in [-0.25, -0.2) is 8.42 Å². The number of nitrogens with one attached hydrogen (secondary N) is 2. The zero-order valence-corrected chi connectivity index (χ0v) is 15.2. The van der Waals surface area contributed by atoms with Crippen molar-refractivity contribution in [1.82, 2.24) is 5.32 Å². The lowest BCUT2D eigenvalue weighted by Gasteiger charge is -2.09. The third-order valence-corrected chi connectivity index (χ3v) is 5.02. The molecule has 25 heavy (non-hydrogen) atoms. The van der Waals surface area contributed by atoms with E-state index in [1.54, 1.807) is 24.3 Å². The zero-order chi connectivity index (χ0) is 18.1. The van der Waals surface area contributed by atoms with Gasteiger partial charge < -0.3 is 5.32 Å². The van der Waals surface area contributed by atoms with Crippen LogP contribution in [0.2, 0.25) is 0 Å². The van der Waals surface area contributed by atoms with Crippen molar-refractivity contribution >= 4 is 21.6 Å². The van der Waals surface area contributed by atoms with E-state index in [1.165, 1.54) is 11.1 Å². The molecule has 0 aliphatic rings. The van der Waals surface area contributed by atoms with E-state index < -0.39 is 10.0 Å². The molecule has 0 saturated heterocycles. The Kier molecular flexibility index (Phi) is 7.01. The van der Waals surface area contributed by atoms with Crippen LogP contribution in [-0.4, -0.2) is 26.6 Å². The standard InChI is InChI=1S/C19H24N2O3S/c1-16-10-12-17(13-11-16)6-5-9-19(22)20-14-15-25(23,24)21-18-7-3-2-4-8-18/h2-4,7-8,10-13,21H,5-6,9,14-15H2,1H3,(H,20,22). The summed E-state index contributed by atoms with van der Waals surface area (Å²) in [5.41, 5.74) is 2.94. The van der Waals surface area contributed by atoms with E-state index in [4.69, 9.17) is 0 Å². The highest BCUT2D eigenvalue weighted by Gasteiger charge is 2.11. The van der Waals surface area contributed by atoms with Crippen molar-refractivity contribution in [2.45, 2.75) is 26.2 Å². The van der Waals surface area contributed by atoms with Crippen LogP contribution in [0.25, 0.3) is 0 Å². The number of benzene rings is 2. The lowest BCUT2D eigenvalue weighted by Crippen LogP contribution is -2.31. The Labute approximate surface area is 149 Å². The first kappa shape index (κ1) is 19.0. The molecule has 2 aromatic carbocycles. The topological polar surface area (TPSA) is 75.3 Å². The zero-order valence-electron chi connectivity index (χ0n) is 14.4. The van der Waals surface area contributed by atoms with Gasteiger partial charge >= 0.3 is 0 Å². The third kappa shape index (κ3) is 7.39. The summed E-state index contributed by atoms with van der Waals surface area (Å²) in [6, 6.07) is 16.9. The van der Waals surface area contributed by atoms with Crippen molar-refractivity contribution in [3.8, 4) is 0 Å². The number of anilines is 1. The summed E-state index contributed by atoms with van der Waals surface area (Å²) < 4.78 is 26.4. The van der Waals surface area contributed by atoms with Gasteiger partial charge in [0, 0.05) is 18.7 Å². The van der Waals surface area contributed by atoms with Gasteiger partial charge in [0.1, 0.15) is 0 Å². The minimum atomic E-state index is -3.46. The maximum absolute atomic E-state index is 11.9. The third-order valence-electron chi connectivity index (χ3n) is 3.73. The lowest BCUT2D eigenvalue weighted by atomic mass is 10.1. The minimum Gasteiger partial charge on any atom is -0.355 e. The van der Waals surface area contributed by atoms with Gasteiger partial charge in [0.05, 0.1) is 5.75 Å². The van der Waals surface area contributed by atoms with Crippen molar-refractivity contribution in [3.05, 3.63) is 65.7 Å². The van der Waals surface area contributed by atoms with Gasteiger partial charge in [-0.05, 0) is 37.5 Å². The summed E-state index contributed by atoms with van der Waals surface area (Å²) in [5.74, 6) is -0.270. The maximum atomic E-state index is 11.9. The Morgan fingerprint density at radius 3 is 2.36 bits per heavy atom. The molecule has 0 fully saturated rings. The molecule has 0 unspecified atom stereocenters. The molecule has 2 N–H and O–H groups in total. The van der Waals surface area contributed by atoms with Crippen LogP contribution in [0.4, 0.5) is 5.69 Å². The summed E-state index contributed by atoms with van der Waals surface area (Å²) in [6.07, 6.45) is 1.96. The summed E-state index contributed by atoms with van der Waals surface area (Å²) in [6.45, 7) is 2.14. The van der Waals surface area contributed by atoms with Gasteiger partial charge in [0.15, 0.2) is 0 Å². The molecule has 0 atom stereocenters. The summed E-state index contributed by atoms with van der Waals surface area (Å²) in [4.78, 5) is 11.8. The first-order valence-electron chi connectivity index (χ1n) is 8.32. The van der Waals surface area contributed by atoms with Crippen LogP contribution in [0.5, 0.6) is 0 Å². The summed E-state index contributed by atoms with van der Waals surface area (Å²) in [5, 5.41) is 2.66. The molecule has 0 spiro atoms. The number of aryl methyl sites for hydroxylation is 2. The van der Waals surface area contributed by atoms with E-state index >= 15 is 0 Å². The molecule has 0 saturated carbocycles. The number of amides is 1. The van der Waals surface area contributed by atoms with Gasteiger partial charge in [-0.3, -0.25) is 9.52 Å². The number of para-hydroxylation sites is 1. The molecule has 0 aliphatic carbocycles. The van der Waals surface area contributed by atoms with Crippen LogP contribution in [0.3, 0.4) is 0 Å². The Bertz CT molecular complexity index is 772. The van der Waals surface area contributed by atoms with Gasteiger partial charge in [0.2, 0.25) is 15.9 Å². The van der Waals surface area contributed by atoms with Crippen LogP contribution >= 0.6 is 0 Å². The Morgan fingerprint density at radius 1 is 1.00 bits per heavy atom. The van der Waals surface area contributed by atoms with Crippen molar-refractivity contribution in [3.63, 3.8) is 0 Å². The Balaban J connectivity index is 1.65. The second-order valence-corrected chi connectivity index (χ2v) is 7.82. The number of hydrogen-bond acceptors (Lipinski definition) is 3. The van der Waals surface area contributed by atoms with E-state index in [-0.39, 0.29) is 18.2 Å². The normalized spacial score (nSPS) is 11.1. The second kappa shape index (κ2) is 9.22. The van der Waals surface area contributed by atoms with Gasteiger partial charge in [-0.1, -0.05) is 48.0 Å². The van der Waals surface area contributed by atoms with Crippen molar-refractivity contribution < 1.29 is 13.2 Å². The van der Waals surface area contributed by atoms with E-state index in [1.807, 2.05) is 13.0 Å². The highest BCUT2D eigenvalue weighted by Crippen LogP contribution is 2.08. The molecule has 0 heterocycles. The molecule has 0 aliphatic heterocycles. The quantitative estimate of drug-likeness (QED) is 0.722. The van der Waals surface area contributed by atoms with E-state index in [2.05, 4.69) is 34.3 Å². The molecular formula is C19H24N2O3S. The number of rotatable bonds is 9. The van der Waals surface area contributed by atoms with E-state index in [0.29, 0.717) is 12.1 Å². The minimum absolute atomic E-state index is 0.103. The fraction of sp³-hybridized carbons (Fsp3) is 0.316. The SMILES string of the molecule is Cc1ccc(CCCC(=O)NCCS(=O)(=O)Nc2ccccc2)cc1. The summed E-state index contributed by atoms with van der Waals surface area (Å²) in [7, 11) is -3.46. The molecule has 6 heteroatoms. The van der Waals surface area contributed by atoms with Gasteiger partial charge in [-0.15, -0.1) is 0 Å². The van der Waals surface area contributed by atoms with Crippen molar-refractivity contribution in [2.75, 3.05) is 17.0 Å². The van der Waals surface area contributed by atoms with Crippen molar-refractivity contribution in [2.24, 2.45) is 0 Å². The average molecular weight is 360 g/mol. The Morgan fingerprint density at radius 2 is 1.68 bits per heavy atom. The number of carbonyl (C=O) groups is 1. The molecule has 0 radical (unpaired) electrons. The molecule has 134 valence electrons. The first-order chi connectivity index (χ1) is 11.9. The van der Waals surface area contributed by atoms with E-state index in [0.717, 1.165) is 12.8 Å². The molecule has 1 amide bonds. The fourth-order valence-electron chi connectivity index (χ4n) is 2.36. The molecule has 2 rings (SSSR count). The lowest BCUT2D eigenvalue weighted by molar-refractivity contribution is -0.121. The van der Waals surface area contributed by atoms with Crippen LogP contribution in [0, 0.1) is 6.92 Å². The predicted molar refractivity (Wildman–Crippen MR) is 101 cm³/mol. The smallest absolute Gasteiger partial charge is 0.234 e. The van der Waals surface area contributed by atoms with Gasteiger partial charge in [0.25, 0.3) is 0 Å². The van der Waals surface area contributed by atoms with Crippen LogP contribution in [-0.2, 0) is 21.2 Å². The van der Waals surface area contributed by atoms with Crippen LogP contribution in [0.15, 0.2) is 54.6 Å². The maximum Gasteiger partial charge on any atom is 0.234 e. The Hall–Kier alpha value is -2.34. The molecule has 2 aromatic rings.